The average molecular weight is 395 g/mol. The van der Waals surface area contributed by atoms with Crippen LogP contribution in [0.2, 0.25) is 0 Å². The zero-order valence-corrected chi connectivity index (χ0v) is 18.4. The van der Waals surface area contributed by atoms with Gasteiger partial charge in [0.25, 0.3) is 0 Å². The van der Waals surface area contributed by atoms with E-state index < -0.39 is 11.5 Å². The van der Waals surface area contributed by atoms with Gasteiger partial charge in [-0.3, -0.25) is 4.79 Å². The molecule has 3 heteroatoms. The smallest absolute Gasteiger partial charge is 0.161 e. The van der Waals surface area contributed by atoms with Crippen LogP contribution in [0, 0.1) is 33.5 Å². The van der Waals surface area contributed by atoms with Crippen LogP contribution in [-0.2, 0) is 4.79 Å². The van der Waals surface area contributed by atoms with Crippen LogP contribution in [0.3, 0.4) is 0 Å². The average Bonchev–Trinajstić information content (AvgIpc) is 3.29. The molecule has 0 saturated heterocycles. The number of ketones is 1. The lowest BCUT2D eigenvalue weighted by Crippen LogP contribution is -2.63. The Morgan fingerprint density at radius 2 is 1.90 bits per heavy atom. The number of fused-ring (bicyclic) bond motifs is 5. The first-order valence-corrected chi connectivity index (χ1v) is 11.2. The molecule has 0 unspecified atom stereocenters. The van der Waals surface area contributed by atoms with Crippen molar-refractivity contribution in [2.45, 2.75) is 72.3 Å². The number of aliphatic hydroxyl groups excluding tert-OH is 1. The fraction of sp³-hybridized carbons (Fsp3) is 0.654. The molecular formula is C26H34O3. The number of carbonyl (C=O) groups is 1. The third-order valence-corrected chi connectivity index (χ3v) is 9.90. The minimum atomic E-state index is -0.421. The highest BCUT2D eigenvalue weighted by molar-refractivity contribution is 5.95. The van der Waals surface area contributed by atoms with Crippen molar-refractivity contribution in [1.29, 1.82) is 0 Å². The van der Waals surface area contributed by atoms with Crippen molar-refractivity contribution in [2.75, 3.05) is 0 Å². The Morgan fingerprint density at radius 1 is 1.14 bits per heavy atom. The first kappa shape index (κ1) is 19.4. The van der Waals surface area contributed by atoms with E-state index in [0.29, 0.717) is 18.3 Å². The van der Waals surface area contributed by atoms with Crippen LogP contribution in [0.5, 0.6) is 0 Å². The summed E-state index contributed by atoms with van der Waals surface area (Å²) in [7, 11) is 0. The summed E-state index contributed by atoms with van der Waals surface area (Å²) in [6, 6.07) is 2.10. The van der Waals surface area contributed by atoms with Gasteiger partial charge in [0.15, 0.2) is 5.78 Å². The van der Waals surface area contributed by atoms with Gasteiger partial charge in [-0.2, -0.15) is 0 Å². The Morgan fingerprint density at radius 3 is 2.59 bits per heavy atom. The van der Waals surface area contributed by atoms with Gasteiger partial charge in [-0.05, 0) is 72.0 Å². The molecule has 3 nitrogen and oxygen atoms in total. The standard InChI is InChI=1S/C26H34O3/c1-23(2)20-14-22(28)26(5)18-7-6-17(16-10-13-29-15-16)24(18,3)11-8-19(26)25(20,4)12-9-21(23)27/h7,9-10,12-13,15,17,19-20,22,28H,6,8,11,14H2,1-5H3/t17-,19+,20+,22+,24+,25-,26+/m1/s1. The zero-order chi connectivity index (χ0) is 20.8. The molecule has 29 heavy (non-hydrogen) atoms. The highest BCUT2D eigenvalue weighted by Gasteiger charge is 2.67. The number of allylic oxidation sites excluding steroid dienone is 3. The van der Waals surface area contributed by atoms with Gasteiger partial charge in [-0.15, -0.1) is 0 Å². The van der Waals surface area contributed by atoms with Gasteiger partial charge in [0.1, 0.15) is 0 Å². The Hall–Kier alpha value is -1.61. The Bertz CT molecular complexity index is 906. The molecule has 4 aliphatic carbocycles. The van der Waals surface area contributed by atoms with Crippen molar-refractivity contribution < 1.29 is 14.3 Å². The molecule has 1 N–H and O–H groups in total. The van der Waals surface area contributed by atoms with Gasteiger partial charge in [0.05, 0.1) is 18.6 Å². The molecule has 0 aliphatic heterocycles. The molecule has 0 aromatic carbocycles. The van der Waals surface area contributed by atoms with Gasteiger partial charge in [0, 0.05) is 10.8 Å². The molecule has 0 spiro atoms. The van der Waals surface area contributed by atoms with Crippen molar-refractivity contribution >= 4 is 5.78 Å². The minimum Gasteiger partial charge on any atom is -0.472 e. The topological polar surface area (TPSA) is 50.4 Å². The molecular weight excluding hydrogens is 360 g/mol. The molecule has 5 rings (SSSR count). The maximum atomic E-state index is 12.7. The lowest BCUT2D eigenvalue weighted by molar-refractivity contribution is -0.163. The van der Waals surface area contributed by atoms with Crippen LogP contribution in [0.4, 0.5) is 0 Å². The van der Waals surface area contributed by atoms with Gasteiger partial charge >= 0.3 is 0 Å². The third kappa shape index (κ3) is 2.20. The van der Waals surface area contributed by atoms with E-state index in [4.69, 9.17) is 4.42 Å². The molecule has 4 aliphatic rings. The molecule has 0 radical (unpaired) electrons. The summed E-state index contributed by atoms with van der Waals surface area (Å²) in [6.45, 7) is 11.2. The van der Waals surface area contributed by atoms with E-state index >= 15 is 0 Å². The number of rotatable bonds is 1. The summed E-state index contributed by atoms with van der Waals surface area (Å²) >= 11 is 0. The van der Waals surface area contributed by atoms with Crippen LogP contribution in [-0.4, -0.2) is 17.0 Å². The van der Waals surface area contributed by atoms with Crippen molar-refractivity contribution in [3.63, 3.8) is 0 Å². The lowest BCUT2D eigenvalue weighted by Gasteiger charge is -2.66. The number of hydrogen-bond acceptors (Lipinski definition) is 3. The Kier molecular flexibility index (Phi) is 3.84. The molecule has 2 fully saturated rings. The van der Waals surface area contributed by atoms with Crippen molar-refractivity contribution in [1.82, 2.24) is 0 Å². The molecule has 1 heterocycles. The summed E-state index contributed by atoms with van der Waals surface area (Å²) in [5.41, 5.74) is 2.04. The molecule has 0 amide bonds. The van der Waals surface area contributed by atoms with E-state index in [0.717, 1.165) is 19.3 Å². The van der Waals surface area contributed by atoms with Crippen LogP contribution in [0.25, 0.3) is 0 Å². The van der Waals surface area contributed by atoms with E-state index in [-0.39, 0.29) is 27.9 Å². The van der Waals surface area contributed by atoms with E-state index in [1.807, 2.05) is 12.3 Å². The summed E-state index contributed by atoms with van der Waals surface area (Å²) in [5, 5.41) is 11.6. The molecule has 1 aromatic heterocycles. The first-order chi connectivity index (χ1) is 13.6. The van der Waals surface area contributed by atoms with E-state index in [1.54, 1.807) is 6.26 Å². The molecule has 156 valence electrons. The molecule has 2 saturated carbocycles. The summed E-state index contributed by atoms with van der Waals surface area (Å²) in [5.74, 6) is 1.15. The predicted molar refractivity (Wildman–Crippen MR) is 113 cm³/mol. The van der Waals surface area contributed by atoms with E-state index in [2.05, 4.69) is 52.8 Å². The largest absolute Gasteiger partial charge is 0.472 e. The van der Waals surface area contributed by atoms with Crippen molar-refractivity contribution in [2.24, 2.45) is 33.5 Å². The SMILES string of the molecule is CC1(C)C(=O)C=C[C@@]2(C)[C@H]1C[C@H](O)[C@@]1(C)C3=CC[C@H](c4ccoc4)[C@]3(C)CC[C@@H]21. The fourth-order valence-electron chi connectivity index (χ4n) is 8.25. The number of carbonyl (C=O) groups excluding carboxylic acids is 1. The summed E-state index contributed by atoms with van der Waals surface area (Å²) < 4.78 is 5.41. The molecule has 7 atom stereocenters. The second-order valence-corrected chi connectivity index (χ2v) is 11.3. The number of aliphatic hydroxyl groups is 1. The Labute approximate surface area is 174 Å². The third-order valence-electron chi connectivity index (χ3n) is 9.90. The lowest BCUT2D eigenvalue weighted by atomic mass is 9.38. The quantitative estimate of drug-likeness (QED) is 0.625. The maximum Gasteiger partial charge on any atom is 0.161 e. The monoisotopic (exact) mass is 394 g/mol. The number of furan rings is 1. The van der Waals surface area contributed by atoms with Crippen LogP contribution < -0.4 is 0 Å². The number of hydrogen-bond donors (Lipinski definition) is 1. The predicted octanol–water partition coefficient (Wildman–Crippen LogP) is 5.67. The normalized spacial score (nSPS) is 47.9. The van der Waals surface area contributed by atoms with Gasteiger partial charge in [-0.25, -0.2) is 0 Å². The highest BCUT2D eigenvalue weighted by Crippen LogP contribution is 2.72. The van der Waals surface area contributed by atoms with Crippen molar-refractivity contribution in [3.8, 4) is 0 Å². The van der Waals surface area contributed by atoms with Crippen LogP contribution in [0.1, 0.15) is 71.8 Å². The Balaban J connectivity index is 1.60. The summed E-state index contributed by atoms with van der Waals surface area (Å²) in [6.07, 6.45) is 13.6. The second-order valence-electron chi connectivity index (χ2n) is 11.3. The molecule has 1 aromatic rings. The first-order valence-electron chi connectivity index (χ1n) is 11.2. The zero-order valence-electron chi connectivity index (χ0n) is 18.4. The van der Waals surface area contributed by atoms with Crippen molar-refractivity contribution in [3.05, 3.63) is 48.0 Å². The van der Waals surface area contributed by atoms with E-state index in [9.17, 15) is 9.90 Å². The highest BCUT2D eigenvalue weighted by atomic mass is 16.3. The van der Waals surface area contributed by atoms with Gasteiger partial charge < -0.3 is 9.52 Å². The maximum absolute atomic E-state index is 12.7. The fourth-order valence-corrected chi connectivity index (χ4v) is 8.25. The molecule has 0 bridgehead atoms. The van der Waals surface area contributed by atoms with E-state index in [1.165, 1.54) is 11.1 Å². The minimum absolute atomic E-state index is 0.0585. The van der Waals surface area contributed by atoms with Gasteiger partial charge in [0.2, 0.25) is 0 Å². The second kappa shape index (κ2) is 5.75. The van der Waals surface area contributed by atoms with Gasteiger partial charge in [-0.1, -0.05) is 52.3 Å². The summed E-state index contributed by atoms with van der Waals surface area (Å²) in [4.78, 5) is 12.7. The van der Waals surface area contributed by atoms with Crippen LogP contribution >= 0.6 is 0 Å². The van der Waals surface area contributed by atoms with Crippen LogP contribution in [0.15, 0.2) is 46.8 Å².